The molecular formula is C10H14O2S. The van der Waals surface area contributed by atoms with Crippen LogP contribution in [-0.2, 0) is 4.74 Å². The normalized spacial score (nSPS) is 10.8. The van der Waals surface area contributed by atoms with E-state index in [4.69, 9.17) is 4.74 Å². The van der Waals surface area contributed by atoms with Crippen LogP contribution in [0.15, 0.2) is 11.4 Å². The van der Waals surface area contributed by atoms with Crippen LogP contribution >= 0.6 is 11.3 Å². The molecule has 0 bridgehead atoms. The smallest absolute Gasteiger partial charge is 0.189 e. The molecule has 2 nitrogen and oxygen atoms in total. The third kappa shape index (κ3) is 2.94. The van der Waals surface area contributed by atoms with E-state index in [0.717, 1.165) is 10.4 Å². The van der Waals surface area contributed by atoms with E-state index >= 15 is 0 Å². The van der Waals surface area contributed by atoms with Gasteiger partial charge >= 0.3 is 0 Å². The minimum atomic E-state index is 0.0763. The van der Waals surface area contributed by atoms with Crippen molar-refractivity contribution in [3.8, 4) is 0 Å². The molecule has 0 N–H and O–H groups in total. The molecular weight excluding hydrogens is 184 g/mol. The fourth-order valence-corrected chi connectivity index (χ4v) is 1.71. The van der Waals surface area contributed by atoms with Crippen LogP contribution in [0.1, 0.15) is 29.1 Å². The minimum Gasteiger partial charge on any atom is -0.371 e. The maximum atomic E-state index is 11.5. The van der Waals surface area contributed by atoms with Crippen LogP contribution in [0.25, 0.3) is 0 Å². The number of carbonyl (C=O) groups is 1. The zero-order valence-corrected chi connectivity index (χ0v) is 8.98. The number of Topliss-reactive ketones (excluding diaryl/α,β-unsaturated/α-hetero) is 1. The van der Waals surface area contributed by atoms with Crippen molar-refractivity contribution in [3.63, 3.8) is 0 Å². The van der Waals surface area contributed by atoms with Gasteiger partial charge in [-0.05, 0) is 32.2 Å². The van der Waals surface area contributed by atoms with Crippen molar-refractivity contribution in [1.82, 2.24) is 0 Å². The Labute approximate surface area is 82.5 Å². The summed E-state index contributed by atoms with van der Waals surface area (Å²) in [4.78, 5) is 12.6. The molecule has 0 aliphatic heterocycles. The molecule has 0 saturated carbocycles. The fourth-order valence-electron chi connectivity index (χ4n) is 0.994. The highest BCUT2D eigenvalue weighted by molar-refractivity contribution is 7.10. The molecule has 0 aromatic carbocycles. The molecule has 0 aliphatic carbocycles. The van der Waals surface area contributed by atoms with Crippen LogP contribution in [0.2, 0.25) is 0 Å². The number of ketones is 1. The van der Waals surface area contributed by atoms with Gasteiger partial charge in [0.1, 0.15) is 6.61 Å². The van der Waals surface area contributed by atoms with Gasteiger partial charge in [-0.3, -0.25) is 4.79 Å². The van der Waals surface area contributed by atoms with E-state index in [1.165, 1.54) is 0 Å². The monoisotopic (exact) mass is 198 g/mol. The third-order valence-corrected chi connectivity index (χ3v) is 2.55. The van der Waals surface area contributed by atoms with Crippen molar-refractivity contribution >= 4 is 17.1 Å². The molecule has 1 rings (SSSR count). The van der Waals surface area contributed by atoms with Gasteiger partial charge < -0.3 is 4.74 Å². The number of carbonyl (C=O) groups excluding carboxylic acids is 1. The van der Waals surface area contributed by atoms with Crippen LogP contribution in [-0.4, -0.2) is 18.5 Å². The van der Waals surface area contributed by atoms with Crippen molar-refractivity contribution in [2.24, 2.45) is 0 Å². The van der Waals surface area contributed by atoms with E-state index in [0.29, 0.717) is 0 Å². The molecule has 13 heavy (non-hydrogen) atoms. The topological polar surface area (TPSA) is 26.3 Å². The van der Waals surface area contributed by atoms with Gasteiger partial charge in [0.05, 0.1) is 6.10 Å². The van der Waals surface area contributed by atoms with Crippen molar-refractivity contribution in [2.75, 3.05) is 6.61 Å². The molecule has 72 valence electrons. The average Bonchev–Trinajstić information content (AvgIpc) is 2.47. The van der Waals surface area contributed by atoms with Crippen molar-refractivity contribution in [2.45, 2.75) is 26.9 Å². The molecule has 0 amide bonds. The zero-order chi connectivity index (χ0) is 9.84. The van der Waals surface area contributed by atoms with Crippen LogP contribution in [0.5, 0.6) is 0 Å². The lowest BCUT2D eigenvalue weighted by molar-refractivity contribution is 0.0584. The molecule has 0 fully saturated rings. The summed E-state index contributed by atoms with van der Waals surface area (Å²) < 4.78 is 5.24. The highest BCUT2D eigenvalue weighted by Crippen LogP contribution is 2.15. The van der Waals surface area contributed by atoms with Gasteiger partial charge in [-0.2, -0.15) is 0 Å². The van der Waals surface area contributed by atoms with Crippen molar-refractivity contribution in [3.05, 3.63) is 21.9 Å². The number of aryl methyl sites for hydroxylation is 1. The van der Waals surface area contributed by atoms with Gasteiger partial charge in [0, 0.05) is 10.4 Å². The molecule has 3 heteroatoms. The second-order valence-electron chi connectivity index (χ2n) is 3.17. The summed E-state index contributed by atoms with van der Waals surface area (Å²) in [6.45, 7) is 5.99. The summed E-state index contributed by atoms with van der Waals surface area (Å²) in [6.07, 6.45) is 0.114. The fraction of sp³-hybridized carbons (Fsp3) is 0.500. The van der Waals surface area contributed by atoms with Crippen LogP contribution in [0.4, 0.5) is 0 Å². The first-order valence-corrected chi connectivity index (χ1v) is 5.18. The zero-order valence-electron chi connectivity index (χ0n) is 8.16. The number of ether oxygens (including phenoxy) is 1. The molecule has 0 unspecified atom stereocenters. The summed E-state index contributed by atoms with van der Waals surface area (Å²) in [5.74, 6) is 0.0763. The number of rotatable bonds is 4. The number of hydrogen-bond donors (Lipinski definition) is 0. The molecule has 1 aromatic heterocycles. The van der Waals surface area contributed by atoms with E-state index in [1.807, 2.05) is 32.2 Å². The maximum Gasteiger partial charge on any atom is 0.189 e. The number of thiophene rings is 1. The summed E-state index contributed by atoms with van der Waals surface area (Å²) in [5.41, 5.74) is 0.797. The van der Waals surface area contributed by atoms with Gasteiger partial charge in [-0.1, -0.05) is 0 Å². The van der Waals surface area contributed by atoms with Crippen LogP contribution < -0.4 is 0 Å². The third-order valence-electron chi connectivity index (χ3n) is 1.71. The SMILES string of the molecule is Cc1sccc1C(=O)COC(C)C. The van der Waals surface area contributed by atoms with E-state index in [9.17, 15) is 4.79 Å². The van der Waals surface area contributed by atoms with Crippen LogP contribution in [0.3, 0.4) is 0 Å². The Morgan fingerprint density at radius 1 is 1.62 bits per heavy atom. The Morgan fingerprint density at radius 3 is 2.77 bits per heavy atom. The van der Waals surface area contributed by atoms with Crippen molar-refractivity contribution in [1.29, 1.82) is 0 Å². The summed E-state index contributed by atoms with van der Waals surface area (Å²) in [6, 6.07) is 1.85. The van der Waals surface area contributed by atoms with Crippen molar-refractivity contribution < 1.29 is 9.53 Å². The Bertz CT molecular complexity index is 289. The standard InChI is InChI=1S/C10H14O2S/c1-7(2)12-6-10(11)9-4-5-13-8(9)3/h4-5,7H,6H2,1-3H3. The Balaban J connectivity index is 2.54. The molecule has 0 atom stereocenters. The van der Waals surface area contributed by atoms with Gasteiger partial charge in [-0.15, -0.1) is 11.3 Å². The van der Waals surface area contributed by atoms with Gasteiger partial charge in [0.2, 0.25) is 0 Å². The molecule has 1 aromatic rings. The van der Waals surface area contributed by atoms with E-state index in [2.05, 4.69) is 0 Å². The maximum absolute atomic E-state index is 11.5. The van der Waals surface area contributed by atoms with E-state index in [-0.39, 0.29) is 18.5 Å². The quantitative estimate of drug-likeness (QED) is 0.695. The molecule has 0 saturated heterocycles. The summed E-state index contributed by atoms with van der Waals surface area (Å²) >= 11 is 1.59. The summed E-state index contributed by atoms with van der Waals surface area (Å²) in [7, 11) is 0. The van der Waals surface area contributed by atoms with E-state index in [1.54, 1.807) is 11.3 Å². The molecule has 0 aliphatic rings. The first-order chi connectivity index (χ1) is 6.11. The second-order valence-corrected chi connectivity index (χ2v) is 4.29. The summed E-state index contributed by atoms with van der Waals surface area (Å²) in [5, 5.41) is 1.93. The molecule has 1 heterocycles. The first kappa shape index (κ1) is 10.4. The highest BCUT2D eigenvalue weighted by atomic mass is 32.1. The Kier molecular flexibility index (Phi) is 3.63. The lowest BCUT2D eigenvalue weighted by atomic mass is 10.2. The van der Waals surface area contributed by atoms with E-state index < -0.39 is 0 Å². The Morgan fingerprint density at radius 2 is 2.31 bits per heavy atom. The molecule has 0 radical (unpaired) electrons. The van der Waals surface area contributed by atoms with Crippen LogP contribution in [0, 0.1) is 6.92 Å². The second kappa shape index (κ2) is 4.53. The first-order valence-electron chi connectivity index (χ1n) is 4.30. The largest absolute Gasteiger partial charge is 0.371 e. The highest BCUT2D eigenvalue weighted by Gasteiger charge is 2.10. The Hall–Kier alpha value is -0.670. The lowest BCUT2D eigenvalue weighted by Crippen LogP contribution is -2.13. The predicted molar refractivity (Wildman–Crippen MR) is 54.5 cm³/mol. The predicted octanol–water partition coefficient (Wildman–Crippen LogP) is 2.66. The van der Waals surface area contributed by atoms with Gasteiger partial charge in [0.15, 0.2) is 5.78 Å². The average molecular weight is 198 g/mol. The van der Waals surface area contributed by atoms with Gasteiger partial charge in [0.25, 0.3) is 0 Å². The lowest BCUT2D eigenvalue weighted by Gasteiger charge is -2.05. The number of hydrogen-bond acceptors (Lipinski definition) is 3. The minimum absolute atomic E-state index is 0.0763. The van der Waals surface area contributed by atoms with Gasteiger partial charge in [-0.25, -0.2) is 0 Å². The molecule has 0 spiro atoms.